The minimum atomic E-state index is -1.23. The number of likely N-dealkylation sites (tertiary alicyclic amines) is 1. The van der Waals surface area contributed by atoms with E-state index in [1.54, 1.807) is 12.1 Å². The molecule has 0 aromatic heterocycles. The van der Waals surface area contributed by atoms with Gasteiger partial charge in [-0.2, -0.15) is 0 Å². The molecule has 1 heterocycles. The van der Waals surface area contributed by atoms with Gasteiger partial charge in [-0.15, -0.1) is 0 Å². The standard InChI is InChI=1S/C15H20N2O4/c1-2-11-5-4-8-16(9-11)10-12-6-3-7-13(17(20)21)14(12)15(18)19/h3,6-7,11H,2,4-5,8-10H2,1H3,(H,18,19). The number of aromatic carboxylic acids is 1. The quantitative estimate of drug-likeness (QED) is 0.666. The van der Waals surface area contributed by atoms with E-state index in [1.165, 1.54) is 12.5 Å². The maximum atomic E-state index is 11.4. The maximum absolute atomic E-state index is 11.4. The van der Waals surface area contributed by atoms with Crippen LogP contribution >= 0.6 is 0 Å². The summed E-state index contributed by atoms with van der Waals surface area (Å²) < 4.78 is 0. The van der Waals surface area contributed by atoms with Crippen LogP contribution in [0.1, 0.15) is 42.1 Å². The summed E-state index contributed by atoms with van der Waals surface area (Å²) in [6, 6.07) is 4.48. The third-order valence-electron chi connectivity index (χ3n) is 4.11. The highest BCUT2D eigenvalue weighted by Gasteiger charge is 2.26. The summed E-state index contributed by atoms with van der Waals surface area (Å²) in [5, 5.41) is 20.3. The summed E-state index contributed by atoms with van der Waals surface area (Å²) >= 11 is 0. The Morgan fingerprint density at radius 3 is 2.90 bits per heavy atom. The van der Waals surface area contributed by atoms with E-state index < -0.39 is 10.9 Å². The molecule has 2 rings (SSSR count). The van der Waals surface area contributed by atoms with Crippen LogP contribution in [0.4, 0.5) is 5.69 Å². The molecule has 1 aliphatic heterocycles. The molecule has 21 heavy (non-hydrogen) atoms. The number of carboxylic acids is 1. The van der Waals surface area contributed by atoms with Gasteiger partial charge in [-0.3, -0.25) is 15.0 Å². The monoisotopic (exact) mass is 292 g/mol. The average Bonchev–Trinajstić information content (AvgIpc) is 2.46. The molecule has 1 atom stereocenters. The third-order valence-corrected chi connectivity index (χ3v) is 4.11. The molecule has 1 aromatic carbocycles. The van der Waals surface area contributed by atoms with Crippen molar-refractivity contribution in [1.29, 1.82) is 0 Å². The van der Waals surface area contributed by atoms with Crippen LogP contribution in [-0.4, -0.2) is 34.0 Å². The molecule has 0 saturated carbocycles. The second kappa shape index (κ2) is 6.67. The summed E-state index contributed by atoms with van der Waals surface area (Å²) in [5.74, 6) is -0.605. The molecule has 6 nitrogen and oxygen atoms in total. The Hall–Kier alpha value is -1.95. The second-order valence-corrected chi connectivity index (χ2v) is 5.53. The Morgan fingerprint density at radius 2 is 2.29 bits per heavy atom. The van der Waals surface area contributed by atoms with E-state index in [0.717, 1.165) is 25.9 Å². The Labute approximate surface area is 123 Å². The van der Waals surface area contributed by atoms with Gasteiger partial charge < -0.3 is 5.11 Å². The van der Waals surface area contributed by atoms with E-state index >= 15 is 0 Å². The van der Waals surface area contributed by atoms with Gasteiger partial charge in [0.05, 0.1) is 4.92 Å². The van der Waals surface area contributed by atoms with Gasteiger partial charge in [-0.1, -0.05) is 25.5 Å². The molecule has 0 radical (unpaired) electrons. The number of carbonyl (C=O) groups is 1. The molecule has 0 spiro atoms. The zero-order chi connectivity index (χ0) is 15.4. The molecule has 0 aliphatic carbocycles. The van der Waals surface area contributed by atoms with Crippen molar-refractivity contribution < 1.29 is 14.8 Å². The van der Waals surface area contributed by atoms with Crippen molar-refractivity contribution >= 4 is 11.7 Å². The molecule has 1 unspecified atom stereocenters. The molecule has 1 aromatic rings. The molecule has 114 valence electrons. The van der Waals surface area contributed by atoms with Crippen molar-refractivity contribution in [2.24, 2.45) is 5.92 Å². The van der Waals surface area contributed by atoms with Gasteiger partial charge in [-0.05, 0) is 30.9 Å². The number of hydrogen-bond donors (Lipinski definition) is 1. The number of nitrogens with zero attached hydrogens (tertiary/aromatic N) is 2. The lowest BCUT2D eigenvalue weighted by Crippen LogP contribution is -2.35. The van der Waals surface area contributed by atoms with Gasteiger partial charge in [0.2, 0.25) is 0 Å². The van der Waals surface area contributed by atoms with Crippen molar-refractivity contribution in [1.82, 2.24) is 4.90 Å². The minimum Gasteiger partial charge on any atom is -0.477 e. The molecule has 1 aliphatic rings. The zero-order valence-electron chi connectivity index (χ0n) is 12.1. The van der Waals surface area contributed by atoms with Crippen LogP contribution in [0.15, 0.2) is 18.2 Å². The van der Waals surface area contributed by atoms with Crippen LogP contribution < -0.4 is 0 Å². The van der Waals surface area contributed by atoms with Crippen LogP contribution in [0.5, 0.6) is 0 Å². The molecule has 0 bridgehead atoms. The topological polar surface area (TPSA) is 83.7 Å². The predicted molar refractivity (Wildman–Crippen MR) is 78.3 cm³/mol. The van der Waals surface area contributed by atoms with Gasteiger partial charge in [-0.25, -0.2) is 4.79 Å². The highest BCUT2D eigenvalue weighted by atomic mass is 16.6. The van der Waals surface area contributed by atoms with Crippen LogP contribution in [0.3, 0.4) is 0 Å². The number of rotatable bonds is 5. The van der Waals surface area contributed by atoms with Crippen LogP contribution in [-0.2, 0) is 6.54 Å². The van der Waals surface area contributed by atoms with Crippen molar-refractivity contribution in [3.05, 3.63) is 39.4 Å². The molecular weight excluding hydrogens is 272 g/mol. The van der Waals surface area contributed by atoms with Gasteiger partial charge >= 0.3 is 5.97 Å². The van der Waals surface area contributed by atoms with Crippen molar-refractivity contribution in [2.45, 2.75) is 32.7 Å². The molecule has 1 fully saturated rings. The maximum Gasteiger partial charge on any atom is 0.343 e. The van der Waals surface area contributed by atoms with Crippen LogP contribution in [0, 0.1) is 16.0 Å². The summed E-state index contributed by atoms with van der Waals surface area (Å²) in [4.78, 5) is 24.0. The predicted octanol–water partition coefficient (Wildman–Crippen LogP) is 2.92. The zero-order valence-corrected chi connectivity index (χ0v) is 12.1. The normalized spacial score (nSPS) is 19.4. The number of piperidine rings is 1. The van der Waals surface area contributed by atoms with Crippen LogP contribution in [0.2, 0.25) is 0 Å². The fraction of sp³-hybridized carbons (Fsp3) is 0.533. The van der Waals surface area contributed by atoms with E-state index in [4.69, 9.17) is 0 Å². The summed E-state index contributed by atoms with van der Waals surface area (Å²) in [7, 11) is 0. The molecule has 0 amide bonds. The smallest absolute Gasteiger partial charge is 0.343 e. The third kappa shape index (κ3) is 3.58. The lowest BCUT2D eigenvalue weighted by atomic mass is 9.95. The van der Waals surface area contributed by atoms with Crippen molar-refractivity contribution in [3.63, 3.8) is 0 Å². The van der Waals surface area contributed by atoms with E-state index in [9.17, 15) is 20.0 Å². The molecule has 1 saturated heterocycles. The number of nitro benzene ring substituents is 1. The lowest BCUT2D eigenvalue weighted by Gasteiger charge is -2.32. The first-order valence-electron chi connectivity index (χ1n) is 7.24. The van der Waals surface area contributed by atoms with E-state index in [1.807, 2.05) is 0 Å². The van der Waals surface area contributed by atoms with Gasteiger partial charge in [0, 0.05) is 19.2 Å². The molecule has 6 heteroatoms. The Balaban J connectivity index is 2.25. The summed E-state index contributed by atoms with van der Waals surface area (Å²) in [6.45, 7) is 4.46. The SMILES string of the molecule is CCC1CCCN(Cc2cccc([N+](=O)[O-])c2C(=O)O)C1. The average molecular weight is 292 g/mol. The Morgan fingerprint density at radius 1 is 1.52 bits per heavy atom. The number of benzene rings is 1. The van der Waals surface area contributed by atoms with Crippen molar-refractivity contribution in [3.8, 4) is 0 Å². The summed E-state index contributed by atoms with van der Waals surface area (Å²) in [5.41, 5.74) is 0.0126. The second-order valence-electron chi connectivity index (χ2n) is 5.53. The summed E-state index contributed by atoms with van der Waals surface area (Å²) in [6.07, 6.45) is 3.40. The van der Waals surface area contributed by atoms with Gasteiger partial charge in [0.1, 0.15) is 5.56 Å². The minimum absolute atomic E-state index is 0.180. The number of hydrogen-bond acceptors (Lipinski definition) is 4. The highest BCUT2D eigenvalue weighted by molar-refractivity contribution is 5.94. The molecule has 1 N–H and O–H groups in total. The Kier molecular flexibility index (Phi) is 4.90. The van der Waals surface area contributed by atoms with Gasteiger partial charge in [0.15, 0.2) is 0 Å². The first kappa shape index (κ1) is 15.4. The first-order chi connectivity index (χ1) is 10.0. The largest absolute Gasteiger partial charge is 0.477 e. The van der Waals surface area contributed by atoms with E-state index in [2.05, 4.69) is 11.8 Å². The Bertz CT molecular complexity index is 544. The molecular formula is C15H20N2O4. The first-order valence-corrected chi connectivity index (χ1v) is 7.24. The fourth-order valence-corrected chi connectivity index (χ4v) is 2.99. The lowest BCUT2D eigenvalue weighted by molar-refractivity contribution is -0.385. The van der Waals surface area contributed by atoms with E-state index in [0.29, 0.717) is 18.0 Å². The fourth-order valence-electron chi connectivity index (χ4n) is 2.99. The van der Waals surface area contributed by atoms with E-state index in [-0.39, 0.29) is 11.3 Å². The van der Waals surface area contributed by atoms with Gasteiger partial charge in [0.25, 0.3) is 5.69 Å². The van der Waals surface area contributed by atoms with Crippen molar-refractivity contribution in [2.75, 3.05) is 13.1 Å². The highest BCUT2D eigenvalue weighted by Crippen LogP contribution is 2.26. The number of nitro groups is 1. The van der Waals surface area contributed by atoms with Crippen LogP contribution in [0.25, 0.3) is 0 Å². The number of carboxylic acid groups (broad SMARTS) is 1.